The van der Waals surface area contributed by atoms with Crippen molar-refractivity contribution in [2.24, 2.45) is 0 Å². The molecule has 1 aromatic carbocycles. The third-order valence-corrected chi connectivity index (χ3v) is 3.72. The van der Waals surface area contributed by atoms with Crippen LogP contribution in [-0.4, -0.2) is 23.6 Å². The van der Waals surface area contributed by atoms with Crippen LogP contribution in [-0.2, 0) is 4.84 Å². The molecule has 1 amide bonds. The van der Waals surface area contributed by atoms with Crippen LogP contribution in [0.25, 0.3) is 0 Å². The molecule has 2 rings (SSSR count). The fraction of sp³-hybridized carbons (Fsp3) is 0.500. The first kappa shape index (κ1) is 15.8. The number of hydroxylamine groups is 2. The smallest absolute Gasteiger partial charge is 0.267 e. The predicted molar refractivity (Wildman–Crippen MR) is 84.9 cm³/mol. The summed E-state index contributed by atoms with van der Waals surface area (Å²) in [4.78, 5) is 18.1. The van der Waals surface area contributed by atoms with E-state index < -0.39 is 0 Å². The summed E-state index contributed by atoms with van der Waals surface area (Å²) in [7, 11) is 0. The Morgan fingerprint density at radius 2 is 1.95 bits per heavy atom. The van der Waals surface area contributed by atoms with Crippen LogP contribution in [0.1, 0.15) is 55.8 Å². The monoisotopic (exact) mass is 287 g/mol. The number of hydrogen-bond donors (Lipinski definition) is 0. The molecule has 1 aromatic rings. The van der Waals surface area contributed by atoms with Crippen molar-refractivity contribution in [3.05, 3.63) is 48.0 Å². The number of nitrogens with zero attached hydrogens (tertiary/aromatic N) is 1. The van der Waals surface area contributed by atoms with Crippen molar-refractivity contribution < 1.29 is 9.63 Å². The zero-order valence-corrected chi connectivity index (χ0v) is 12.8. The molecule has 0 aliphatic carbocycles. The summed E-state index contributed by atoms with van der Waals surface area (Å²) in [6, 6.07) is 9.30. The Kier molecular flexibility index (Phi) is 6.48. The first-order valence-corrected chi connectivity index (χ1v) is 8.01. The number of carbonyl (C=O) groups is 1. The van der Waals surface area contributed by atoms with Crippen molar-refractivity contribution in [3.8, 4) is 0 Å². The van der Waals surface area contributed by atoms with Crippen LogP contribution in [0.15, 0.2) is 42.5 Å². The first-order chi connectivity index (χ1) is 10.3. The van der Waals surface area contributed by atoms with Crippen LogP contribution < -0.4 is 0 Å². The van der Waals surface area contributed by atoms with E-state index in [0.29, 0.717) is 12.1 Å². The Morgan fingerprint density at radius 1 is 1.19 bits per heavy atom. The van der Waals surface area contributed by atoms with Gasteiger partial charge in [0, 0.05) is 5.56 Å². The maximum Gasteiger partial charge on any atom is 0.277 e. The van der Waals surface area contributed by atoms with Crippen molar-refractivity contribution in [1.82, 2.24) is 5.06 Å². The van der Waals surface area contributed by atoms with Crippen LogP contribution in [0.3, 0.4) is 0 Å². The van der Waals surface area contributed by atoms with E-state index in [2.05, 4.69) is 13.0 Å². The lowest BCUT2D eigenvalue weighted by Gasteiger charge is -2.28. The van der Waals surface area contributed by atoms with Gasteiger partial charge in [0.2, 0.25) is 0 Å². The average Bonchev–Trinajstić information content (AvgIpc) is 2.55. The van der Waals surface area contributed by atoms with Gasteiger partial charge < -0.3 is 0 Å². The predicted octanol–water partition coefficient (Wildman–Crippen LogP) is 4.36. The number of amides is 1. The molecule has 1 aliphatic heterocycles. The number of rotatable bonds is 7. The summed E-state index contributed by atoms with van der Waals surface area (Å²) in [6.45, 7) is 2.75. The minimum absolute atomic E-state index is 0.0352. The second kappa shape index (κ2) is 8.63. The molecular formula is C18H25NO2. The normalized spacial score (nSPS) is 18.0. The third kappa shape index (κ3) is 5.01. The van der Waals surface area contributed by atoms with Gasteiger partial charge in [0.25, 0.3) is 5.91 Å². The van der Waals surface area contributed by atoms with Gasteiger partial charge in [0.15, 0.2) is 0 Å². The fourth-order valence-corrected chi connectivity index (χ4v) is 2.50. The number of unbranched alkanes of at least 4 members (excludes halogenated alkanes) is 4. The van der Waals surface area contributed by atoms with E-state index in [4.69, 9.17) is 4.84 Å². The van der Waals surface area contributed by atoms with E-state index >= 15 is 0 Å². The molecular weight excluding hydrogens is 262 g/mol. The molecule has 0 fully saturated rings. The largest absolute Gasteiger partial charge is 0.277 e. The molecule has 0 N–H and O–H groups in total. The fourth-order valence-electron chi connectivity index (χ4n) is 2.50. The molecule has 0 saturated heterocycles. The summed E-state index contributed by atoms with van der Waals surface area (Å²) < 4.78 is 0. The van der Waals surface area contributed by atoms with E-state index in [1.54, 1.807) is 0 Å². The second-order valence-electron chi connectivity index (χ2n) is 5.51. The molecule has 0 aromatic heterocycles. The van der Waals surface area contributed by atoms with Gasteiger partial charge in [0.1, 0.15) is 6.10 Å². The average molecular weight is 287 g/mol. The highest BCUT2D eigenvalue weighted by molar-refractivity contribution is 5.93. The molecule has 1 atom stereocenters. The zero-order chi connectivity index (χ0) is 14.9. The summed E-state index contributed by atoms with van der Waals surface area (Å²) in [5.74, 6) is -0.0593. The van der Waals surface area contributed by atoms with Crippen LogP contribution in [0, 0.1) is 0 Å². The quantitative estimate of drug-likeness (QED) is 0.551. The molecule has 1 aliphatic rings. The Morgan fingerprint density at radius 3 is 2.71 bits per heavy atom. The Balaban J connectivity index is 1.79. The van der Waals surface area contributed by atoms with Crippen molar-refractivity contribution in [1.29, 1.82) is 0 Å². The van der Waals surface area contributed by atoms with E-state index in [1.165, 1.54) is 30.7 Å². The highest BCUT2D eigenvalue weighted by Crippen LogP contribution is 2.17. The minimum Gasteiger partial charge on any atom is -0.267 e. The SMILES string of the molecule is CCCCCCCC1C=CCN(C(=O)c2ccccc2)O1. The lowest BCUT2D eigenvalue weighted by atomic mass is 10.1. The van der Waals surface area contributed by atoms with Crippen LogP contribution in [0.2, 0.25) is 0 Å². The lowest BCUT2D eigenvalue weighted by Crippen LogP contribution is -2.37. The van der Waals surface area contributed by atoms with Crippen molar-refractivity contribution in [2.45, 2.75) is 51.6 Å². The number of carbonyl (C=O) groups excluding carboxylic acids is 1. The topological polar surface area (TPSA) is 29.5 Å². The molecule has 0 saturated carbocycles. The van der Waals surface area contributed by atoms with Gasteiger partial charge in [0.05, 0.1) is 6.54 Å². The summed E-state index contributed by atoms with van der Waals surface area (Å²) in [5.41, 5.74) is 0.675. The summed E-state index contributed by atoms with van der Waals surface area (Å²) in [6.07, 6.45) is 11.4. The van der Waals surface area contributed by atoms with Gasteiger partial charge in [-0.1, -0.05) is 69.4 Å². The Bertz CT molecular complexity index is 456. The van der Waals surface area contributed by atoms with Crippen LogP contribution in [0.5, 0.6) is 0 Å². The van der Waals surface area contributed by atoms with E-state index in [1.807, 2.05) is 36.4 Å². The molecule has 0 bridgehead atoms. The lowest BCUT2D eigenvalue weighted by molar-refractivity contribution is -0.151. The van der Waals surface area contributed by atoms with Gasteiger partial charge in [-0.05, 0) is 18.6 Å². The first-order valence-electron chi connectivity index (χ1n) is 8.01. The standard InChI is InChI=1S/C18H25NO2/c1-2-3-4-5-9-13-17-14-10-15-19(21-17)18(20)16-11-7-6-8-12-16/h6-8,10-12,14,17H,2-5,9,13,15H2,1H3. The van der Waals surface area contributed by atoms with Crippen molar-refractivity contribution >= 4 is 5.91 Å². The van der Waals surface area contributed by atoms with Gasteiger partial charge in [-0.2, -0.15) is 0 Å². The number of benzene rings is 1. The van der Waals surface area contributed by atoms with Gasteiger partial charge in [-0.25, -0.2) is 5.06 Å². The van der Waals surface area contributed by atoms with Crippen LogP contribution >= 0.6 is 0 Å². The third-order valence-electron chi connectivity index (χ3n) is 3.72. The molecule has 114 valence electrons. The maximum atomic E-state index is 12.3. The zero-order valence-electron chi connectivity index (χ0n) is 12.8. The molecule has 21 heavy (non-hydrogen) atoms. The molecule has 1 heterocycles. The van der Waals surface area contributed by atoms with Gasteiger partial charge in [-0.3, -0.25) is 9.63 Å². The van der Waals surface area contributed by atoms with Crippen LogP contribution in [0.4, 0.5) is 0 Å². The minimum atomic E-state index is -0.0593. The maximum absolute atomic E-state index is 12.3. The molecule has 3 nitrogen and oxygen atoms in total. The summed E-state index contributed by atoms with van der Waals surface area (Å²) in [5, 5.41) is 1.48. The van der Waals surface area contributed by atoms with Gasteiger partial charge in [-0.15, -0.1) is 0 Å². The van der Waals surface area contributed by atoms with E-state index in [9.17, 15) is 4.79 Å². The molecule has 0 radical (unpaired) electrons. The Labute approximate surface area is 127 Å². The molecule has 3 heteroatoms. The van der Waals surface area contributed by atoms with E-state index in [0.717, 1.165) is 12.8 Å². The highest BCUT2D eigenvalue weighted by atomic mass is 16.7. The molecule has 0 spiro atoms. The summed E-state index contributed by atoms with van der Waals surface area (Å²) >= 11 is 0. The molecule has 1 unspecified atom stereocenters. The van der Waals surface area contributed by atoms with Crippen molar-refractivity contribution in [3.63, 3.8) is 0 Å². The number of hydrogen-bond acceptors (Lipinski definition) is 2. The van der Waals surface area contributed by atoms with Crippen molar-refractivity contribution in [2.75, 3.05) is 6.54 Å². The van der Waals surface area contributed by atoms with Gasteiger partial charge >= 0.3 is 0 Å². The Hall–Kier alpha value is -1.61. The van der Waals surface area contributed by atoms with E-state index in [-0.39, 0.29) is 12.0 Å². The second-order valence-corrected chi connectivity index (χ2v) is 5.51. The highest BCUT2D eigenvalue weighted by Gasteiger charge is 2.21.